The van der Waals surface area contributed by atoms with Gasteiger partial charge in [0.05, 0.1) is 5.75 Å². The minimum Gasteiger partial charge on any atom is -0.481 e. The lowest BCUT2D eigenvalue weighted by Gasteiger charge is -2.24. The van der Waals surface area contributed by atoms with Gasteiger partial charge in [-0.3, -0.25) is 4.79 Å². The highest BCUT2D eigenvalue weighted by molar-refractivity contribution is 7.89. The van der Waals surface area contributed by atoms with Gasteiger partial charge in [-0.05, 0) is 31.7 Å². The van der Waals surface area contributed by atoms with Crippen LogP contribution in [0.2, 0.25) is 0 Å². The van der Waals surface area contributed by atoms with Crippen molar-refractivity contribution in [1.82, 2.24) is 9.62 Å². The summed E-state index contributed by atoms with van der Waals surface area (Å²) in [7, 11) is -3.28. The summed E-state index contributed by atoms with van der Waals surface area (Å²) in [6.07, 6.45) is 2.29. The standard InChI is InChI=1S/C11H20N2O4S/c14-11(15)4-2-6-18(16,17)13-7-9-3-1-5-12-10(9)8-13/h9-10,12H,1-8H2,(H,14,15). The molecule has 2 unspecified atom stereocenters. The van der Waals surface area contributed by atoms with Crippen LogP contribution in [0.25, 0.3) is 0 Å². The molecule has 2 rings (SSSR count). The van der Waals surface area contributed by atoms with Gasteiger partial charge >= 0.3 is 5.97 Å². The molecule has 2 heterocycles. The van der Waals surface area contributed by atoms with Gasteiger partial charge in [-0.2, -0.15) is 0 Å². The van der Waals surface area contributed by atoms with Crippen LogP contribution < -0.4 is 5.32 Å². The highest BCUT2D eigenvalue weighted by atomic mass is 32.2. The number of sulfonamides is 1. The monoisotopic (exact) mass is 276 g/mol. The van der Waals surface area contributed by atoms with Crippen LogP contribution in [-0.4, -0.2) is 55.2 Å². The van der Waals surface area contributed by atoms with Gasteiger partial charge in [0.2, 0.25) is 10.0 Å². The maximum absolute atomic E-state index is 12.1. The SMILES string of the molecule is O=C(O)CCCS(=O)(=O)N1CC2CCCNC2C1. The van der Waals surface area contributed by atoms with Crippen molar-refractivity contribution in [1.29, 1.82) is 0 Å². The first-order chi connectivity index (χ1) is 8.49. The molecule has 2 fully saturated rings. The zero-order chi connectivity index (χ0) is 13.2. The second-order valence-electron chi connectivity index (χ2n) is 5.09. The maximum atomic E-state index is 12.1. The Morgan fingerprint density at radius 3 is 2.83 bits per heavy atom. The summed E-state index contributed by atoms with van der Waals surface area (Å²) in [6, 6.07) is 0.285. The van der Waals surface area contributed by atoms with Crippen molar-refractivity contribution in [3.63, 3.8) is 0 Å². The Hall–Kier alpha value is -0.660. The number of hydrogen-bond donors (Lipinski definition) is 2. The van der Waals surface area contributed by atoms with Gasteiger partial charge < -0.3 is 10.4 Å². The highest BCUT2D eigenvalue weighted by Gasteiger charge is 2.39. The molecule has 2 saturated heterocycles. The lowest BCUT2D eigenvalue weighted by Crippen LogP contribution is -2.41. The van der Waals surface area contributed by atoms with Gasteiger partial charge in [-0.25, -0.2) is 12.7 Å². The zero-order valence-corrected chi connectivity index (χ0v) is 11.2. The van der Waals surface area contributed by atoms with Crippen molar-refractivity contribution >= 4 is 16.0 Å². The van der Waals surface area contributed by atoms with Crippen molar-refractivity contribution in [3.05, 3.63) is 0 Å². The van der Waals surface area contributed by atoms with Gasteiger partial charge in [-0.1, -0.05) is 0 Å². The molecule has 0 bridgehead atoms. The van der Waals surface area contributed by atoms with Crippen LogP contribution in [0.15, 0.2) is 0 Å². The predicted octanol–water partition coefficient (Wildman–Crippen LogP) is -0.135. The van der Waals surface area contributed by atoms with Crippen LogP contribution in [0.5, 0.6) is 0 Å². The Kier molecular flexibility index (Phi) is 4.24. The number of piperidine rings is 1. The Morgan fingerprint density at radius 1 is 1.39 bits per heavy atom. The molecule has 0 spiro atoms. The number of aliphatic carboxylic acids is 1. The molecule has 0 aliphatic carbocycles. The van der Waals surface area contributed by atoms with E-state index >= 15 is 0 Å². The summed E-state index contributed by atoms with van der Waals surface area (Å²) in [6.45, 7) is 2.10. The fourth-order valence-electron chi connectivity index (χ4n) is 2.77. The topological polar surface area (TPSA) is 86.7 Å². The number of carbonyl (C=O) groups is 1. The van der Waals surface area contributed by atoms with E-state index in [1.807, 2.05) is 0 Å². The number of rotatable bonds is 5. The lowest BCUT2D eigenvalue weighted by molar-refractivity contribution is -0.137. The average Bonchev–Trinajstić information content (AvgIpc) is 2.72. The van der Waals surface area contributed by atoms with E-state index in [2.05, 4.69) is 5.32 Å². The summed E-state index contributed by atoms with van der Waals surface area (Å²) in [5.41, 5.74) is 0. The van der Waals surface area contributed by atoms with E-state index in [9.17, 15) is 13.2 Å². The van der Waals surface area contributed by atoms with E-state index in [-0.39, 0.29) is 24.6 Å². The molecule has 6 nitrogen and oxygen atoms in total. The first-order valence-corrected chi connectivity index (χ1v) is 8.03. The number of carboxylic acid groups (broad SMARTS) is 1. The Bertz CT molecular complexity index is 395. The first-order valence-electron chi connectivity index (χ1n) is 6.42. The second-order valence-corrected chi connectivity index (χ2v) is 7.18. The van der Waals surface area contributed by atoms with Gasteiger partial charge in [0, 0.05) is 25.6 Å². The summed E-state index contributed by atoms with van der Waals surface area (Å²) < 4.78 is 25.7. The van der Waals surface area contributed by atoms with Crippen molar-refractivity contribution < 1.29 is 18.3 Å². The third-order valence-electron chi connectivity index (χ3n) is 3.75. The molecule has 0 amide bonds. The third kappa shape index (κ3) is 3.21. The predicted molar refractivity (Wildman–Crippen MR) is 66.7 cm³/mol. The number of fused-ring (bicyclic) bond motifs is 1. The summed E-state index contributed by atoms with van der Waals surface area (Å²) in [5.74, 6) is -0.575. The van der Waals surface area contributed by atoms with E-state index in [1.165, 1.54) is 4.31 Å². The van der Waals surface area contributed by atoms with Crippen molar-refractivity contribution in [2.75, 3.05) is 25.4 Å². The average molecular weight is 276 g/mol. The summed E-state index contributed by atoms with van der Waals surface area (Å²) in [4.78, 5) is 10.4. The number of carboxylic acids is 1. The van der Waals surface area contributed by atoms with E-state index < -0.39 is 16.0 Å². The molecule has 104 valence electrons. The molecule has 2 N–H and O–H groups in total. The van der Waals surface area contributed by atoms with Crippen LogP contribution in [0.1, 0.15) is 25.7 Å². The van der Waals surface area contributed by atoms with E-state index in [0.717, 1.165) is 19.4 Å². The molecule has 0 aromatic rings. The van der Waals surface area contributed by atoms with Crippen molar-refractivity contribution in [2.45, 2.75) is 31.7 Å². The number of nitrogens with one attached hydrogen (secondary N) is 1. The van der Waals surface area contributed by atoms with Gasteiger partial charge in [0.15, 0.2) is 0 Å². The molecule has 2 aliphatic rings. The summed E-state index contributed by atoms with van der Waals surface area (Å²) in [5, 5.41) is 11.9. The Morgan fingerprint density at radius 2 is 2.17 bits per heavy atom. The molecule has 0 radical (unpaired) electrons. The molecule has 7 heteroatoms. The molecule has 0 aromatic carbocycles. The fourth-order valence-corrected chi connectivity index (χ4v) is 4.34. The lowest BCUT2D eigenvalue weighted by atomic mass is 9.94. The minimum atomic E-state index is -3.28. The largest absolute Gasteiger partial charge is 0.481 e. The molecule has 0 saturated carbocycles. The normalized spacial score (nSPS) is 29.1. The number of hydrogen-bond acceptors (Lipinski definition) is 4. The smallest absolute Gasteiger partial charge is 0.303 e. The second kappa shape index (κ2) is 5.54. The molecular weight excluding hydrogens is 256 g/mol. The van der Waals surface area contributed by atoms with E-state index in [0.29, 0.717) is 19.0 Å². The van der Waals surface area contributed by atoms with Gasteiger partial charge in [-0.15, -0.1) is 0 Å². The molecule has 0 aromatic heterocycles. The first kappa shape index (κ1) is 13.8. The van der Waals surface area contributed by atoms with Crippen LogP contribution in [0.4, 0.5) is 0 Å². The third-order valence-corrected chi connectivity index (χ3v) is 5.64. The van der Waals surface area contributed by atoms with Crippen LogP contribution in [-0.2, 0) is 14.8 Å². The molecule has 2 aliphatic heterocycles. The van der Waals surface area contributed by atoms with Crippen LogP contribution in [0, 0.1) is 5.92 Å². The molecular formula is C11H20N2O4S. The fraction of sp³-hybridized carbons (Fsp3) is 0.909. The van der Waals surface area contributed by atoms with E-state index in [1.54, 1.807) is 0 Å². The zero-order valence-electron chi connectivity index (χ0n) is 10.3. The molecule has 18 heavy (non-hydrogen) atoms. The van der Waals surface area contributed by atoms with Crippen LogP contribution in [0.3, 0.4) is 0 Å². The number of nitrogens with zero attached hydrogens (tertiary/aromatic N) is 1. The van der Waals surface area contributed by atoms with Crippen molar-refractivity contribution in [2.24, 2.45) is 5.92 Å². The Balaban J connectivity index is 1.88. The maximum Gasteiger partial charge on any atom is 0.303 e. The van der Waals surface area contributed by atoms with Crippen molar-refractivity contribution in [3.8, 4) is 0 Å². The highest BCUT2D eigenvalue weighted by Crippen LogP contribution is 2.27. The minimum absolute atomic E-state index is 0.0568. The van der Waals surface area contributed by atoms with Crippen LogP contribution >= 0.6 is 0 Å². The van der Waals surface area contributed by atoms with Gasteiger partial charge in [0.1, 0.15) is 0 Å². The quantitative estimate of drug-likeness (QED) is 0.730. The summed E-state index contributed by atoms with van der Waals surface area (Å²) >= 11 is 0. The van der Waals surface area contributed by atoms with E-state index in [4.69, 9.17) is 5.11 Å². The van der Waals surface area contributed by atoms with Gasteiger partial charge in [0.25, 0.3) is 0 Å². The molecule has 2 atom stereocenters. The Labute approximate surface area is 107 Å².